The lowest BCUT2D eigenvalue weighted by molar-refractivity contribution is 0.360. The molecule has 5 nitrogen and oxygen atoms in total. The molecule has 1 rings (SSSR count). The largest absolute Gasteiger partial charge is 0.399 e. The fraction of sp³-hybridized carbons (Fsp3) is 0.417. The predicted octanol–water partition coefficient (Wildman–Crippen LogP) is 2.34. The van der Waals surface area contributed by atoms with E-state index in [9.17, 15) is 8.42 Å². The van der Waals surface area contributed by atoms with Gasteiger partial charge < -0.3 is 5.73 Å². The van der Waals surface area contributed by atoms with Crippen molar-refractivity contribution in [1.29, 1.82) is 5.26 Å². The van der Waals surface area contributed by atoms with Gasteiger partial charge in [0.15, 0.2) is 0 Å². The number of hydrogen-bond donors (Lipinski definition) is 1. The summed E-state index contributed by atoms with van der Waals surface area (Å²) in [4.78, 5) is 0.124. The molecule has 19 heavy (non-hydrogen) atoms. The molecule has 0 spiro atoms. The van der Waals surface area contributed by atoms with Crippen LogP contribution in [0.15, 0.2) is 27.6 Å². The van der Waals surface area contributed by atoms with Gasteiger partial charge in [-0.25, -0.2) is 8.42 Å². The molecular formula is C12H16BrN3O2S. The maximum absolute atomic E-state index is 12.6. The Balaban J connectivity index is 3.27. The highest BCUT2D eigenvalue weighted by atomic mass is 79.9. The van der Waals surface area contributed by atoms with E-state index in [1.807, 2.05) is 6.07 Å². The third kappa shape index (κ3) is 3.69. The lowest BCUT2D eigenvalue weighted by Gasteiger charge is -2.25. The minimum atomic E-state index is -3.67. The first-order valence-corrected chi connectivity index (χ1v) is 7.98. The standard InChI is InChI=1S/C12H16BrN3O2S/c1-9(2)16(7-3-6-14)19(17,18)12-8-10(15)4-5-11(12)13/h4-5,8-9H,3,7,15H2,1-2H3. The molecule has 0 aromatic heterocycles. The molecule has 0 atom stereocenters. The quantitative estimate of drug-likeness (QED) is 0.829. The second-order valence-electron chi connectivity index (χ2n) is 4.31. The molecule has 0 saturated carbocycles. The van der Waals surface area contributed by atoms with E-state index >= 15 is 0 Å². The van der Waals surface area contributed by atoms with E-state index in [2.05, 4.69) is 15.9 Å². The van der Waals surface area contributed by atoms with Crippen molar-refractivity contribution in [2.24, 2.45) is 0 Å². The van der Waals surface area contributed by atoms with Gasteiger partial charge in [-0.15, -0.1) is 0 Å². The number of hydrogen-bond acceptors (Lipinski definition) is 4. The summed E-state index contributed by atoms with van der Waals surface area (Å²) in [7, 11) is -3.67. The van der Waals surface area contributed by atoms with Crippen LogP contribution in [0.25, 0.3) is 0 Å². The number of benzene rings is 1. The fourth-order valence-electron chi connectivity index (χ4n) is 1.66. The molecule has 7 heteroatoms. The SMILES string of the molecule is CC(C)N(CCC#N)S(=O)(=O)c1cc(N)ccc1Br. The molecule has 1 aromatic rings. The van der Waals surface area contributed by atoms with Crippen molar-refractivity contribution >= 4 is 31.6 Å². The van der Waals surface area contributed by atoms with Gasteiger partial charge in [-0.2, -0.15) is 9.57 Å². The van der Waals surface area contributed by atoms with Gasteiger partial charge in [0.05, 0.1) is 11.0 Å². The summed E-state index contributed by atoms with van der Waals surface area (Å²) in [5.41, 5.74) is 6.02. The van der Waals surface area contributed by atoms with Crippen molar-refractivity contribution < 1.29 is 8.42 Å². The lowest BCUT2D eigenvalue weighted by Crippen LogP contribution is -2.37. The van der Waals surface area contributed by atoms with Gasteiger partial charge in [-0.3, -0.25) is 0 Å². The number of sulfonamides is 1. The molecule has 0 amide bonds. The van der Waals surface area contributed by atoms with Crippen molar-refractivity contribution in [2.75, 3.05) is 12.3 Å². The van der Waals surface area contributed by atoms with Crippen LogP contribution in [0.1, 0.15) is 20.3 Å². The normalized spacial score (nSPS) is 11.8. The van der Waals surface area contributed by atoms with E-state index in [-0.39, 0.29) is 23.9 Å². The number of halogens is 1. The Morgan fingerprint density at radius 1 is 1.47 bits per heavy atom. The molecule has 0 heterocycles. The molecule has 0 saturated heterocycles. The van der Waals surface area contributed by atoms with Crippen LogP contribution in [0, 0.1) is 11.3 Å². The van der Waals surface area contributed by atoms with E-state index in [0.29, 0.717) is 10.2 Å². The Labute approximate surface area is 122 Å². The highest BCUT2D eigenvalue weighted by molar-refractivity contribution is 9.10. The molecule has 0 bridgehead atoms. The summed E-state index contributed by atoms with van der Waals surface area (Å²) in [5.74, 6) is 0. The number of nitrogen functional groups attached to an aromatic ring is 1. The van der Waals surface area contributed by atoms with Crippen molar-refractivity contribution in [3.05, 3.63) is 22.7 Å². The van der Waals surface area contributed by atoms with Crippen LogP contribution in [0.2, 0.25) is 0 Å². The maximum atomic E-state index is 12.6. The van der Waals surface area contributed by atoms with Gasteiger partial charge in [0.1, 0.15) is 0 Å². The summed E-state index contributed by atoms with van der Waals surface area (Å²) in [6.07, 6.45) is 0.150. The van der Waals surface area contributed by atoms with Gasteiger partial charge in [-0.1, -0.05) is 0 Å². The summed E-state index contributed by atoms with van der Waals surface area (Å²) in [5, 5.41) is 8.63. The third-order valence-electron chi connectivity index (χ3n) is 2.56. The molecule has 0 aliphatic heterocycles. The average Bonchev–Trinajstić information content (AvgIpc) is 2.32. The van der Waals surface area contributed by atoms with Crippen molar-refractivity contribution in [3.63, 3.8) is 0 Å². The Hall–Kier alpha value is -1.10. The minimum absolute atomic E-state index is 0.124. The first-order valence-electron chi connectivity index (χ1n) is 5.74. The van der Waals surface area contributed by atoms with Crippen LogP contribution in [0.4, 0.5) is 5.69 Å². The van der Waals surface area contributed by atoms with E-state index < -0.39 is 10.0 Å². The van der Waals surface area contributed by atoms with Gasteiger partial charge in [0, 0.05) is 29.2 Å². The van der Waals surface area contributed by atoms with E-state index in [0.717, 1.165) is 0 Å². The van der Waals surface area contributed by atoms with Gasteiger partial charge in [0.2, 0.25) is 10.0 Å². The molecular weight excluding hydrogens is 330 g/mol. The van der Waals surface area contributed by atoms with E-state index in [4.69, 9.17) is 11.0 Å². The second kappa shape index (κ2) is 6.37. The molecule has 0 aliphatic rings. The summed E-state index contributed by atoms with van der Waals surface area (Å²) in [6, 6.07) is 6.37. The zero-order valence-electron chi connectivity index (χ0n) is 10.8. The topological polar surface area (TPSA) is 87.2 Å². The highest BCUT2D eigenvalue weighted by Crippen LogP contribution is 2.28. The molecule has 104 valence electrons. The lowest BCUT2D eigenvalue weighted by atomic mass is 10.3. The maximum Gasteiger partial charge on any atom is 0.244 e. The summed E-state index contributed by atoms with van der Waals surface area (Å²) in [6.45, 7) is 3.71. The van der Waals surface area contributed by atoms with Crippen molar-refractivity contribution in [2.45, 2.75) is 31.2 Å². The van der Waals surface area contributed by atoms with E-state index in [1.54, 1.807) is 26.0 Å². The highest BCUT2D eigenvalue weighted by Gasteiger charge is 2.28. The molecule has 1 aromatic carbocycles. The number of anilines is 1. The van der Waals surface area contributed by atoms with Gasteiger partial charge >= 0.3 is 0 Å². The second-order valence-corrected chi connectivity index (χ2v) is 7.02. The smallest absolute Gasteiger partial charge is 0.244 e. The zero-order chi connectivity index (χ0) is 14.6. The number of nitriles is 1. The first-order chi connectivity index (χ1) is 8.80. The fourth-order valence-corrected chi connectivity index (χ4v) is 4.26. The summed E-state index contributed by atoms with van der Waals surface area (Å²) >= 11 is 3.23. The molecule has 0 radical (unpaired) electrons. The predicted molar refractivity (Wildman–Crippen MR) is 77.8 cm³/mol. The van der Waals surface area contributed by atoms with Crippen LogP contribution < -0.4 is 5.73 Å². The third-order valence-corrected chi connectivity index (χ3v) is 5.63. The van der Waals surface area contributed by atoms with Crippen LogP contribution in [-0.2, 0) is 10.0 Å². The molecule has 0 unspecified atom stereocenters. The molecule has 2 N–H and O–H groups in total. The molecule has 0 aliphatic carbocycles. The van der Waals surface area contributed by atoms with Gasteiger partial charge in [-0.05, 0) is 48.0 Å². The Kier molecular flexibility index (Phi) is 5.35. The van der Waals surface area contributed by atoms with E-state index in [1.165, 1.54) is 10.4 Å². The first kappa shape index (κ1) is 16.0. The number of nitrogens with two attached hydrogens (primary N) is 1. The van der Waals surface area contributed by atoms with Crippen molar-refractivity contribution in [1.82, 2.24) is 4.31 Å². The van der Waals surface area contributed by atoms with Crippen LogP contribution in [0.3, 0.4) is 0 Å². The van der Waals surface area contributed by atoms with Crippen LogP contribution >= 0.6 is 15.9 Å². The Morgan fingerprint density at radius 3 is 2.63 bits per heavy atom. The number of nitrogens with zero attached hydrogens (tertiary/aromatic N) is 2. The zero-order valence-corrected chi connectivity index (χ0v) is 13.2. The Morgan fingerprint density at radius 2 is 2.11 bits per heavy atom. The van der Waals surface area contributed by atoms with Crippen LogP contribution in [0.5, 0.6) is 0 Å². The number of rotatable bonds is 5. The van der Waals surface area contributed by atoms with Crippen molar-refractivity contribution in [3.8, 4) is 6.07 Å². The Bertz CT molecular complexity index is 593. The van der Waals surface area contributed by atoms with Gasteiger partial charge in [0.25, 0.3) is 0 Å². The molecule has 0 fully saturated rings. The average molecular weight is 346 g/mol. The minimum Gasteiger partial charge on any atom is -0.399 e. The monoisotopic (exact) mass is 345 g/mol. The van der Waals surface area contributed by atoms with Crippen LogP contribution in [-0.4, -0.2) is 25.3 Å². The summed E-state index contributed by atoms with van der Waals surface area (Å²) < 4.78 is 26.9.